The Kier molecular flexibility index (Phi) is 4.14. The summed E-state index contributed by atoms with van der Waals surface area (Å²) in [5.74, 6) is 0. The molecule has 0 amide bonds. The van der Waals surface area contributed by atoms with Crippen molar-refractivity contribution in [1.29, 1.82) is 0 Å². The Balaban J connectivity index is 4.16. The van der Waals surface area contributed by atoms with Gasteiger partial charge in [-0.2, -0.15) is 0 Å². The zero-order chi connectivity index (χ0) is 5.45. The van der Waals surface area contributed by atoms with Gasteiger partial charge in [0, 0.05) is 84.8 Å². The second-order valence-corrected chi connectivity index (χ2v) is 62.5. The smallest absolute Gasteiger partial charge is 0.00952 e. The molecule has 0 aromatic carbocycles. The summed E-state index contributed by atoms with van der Waals surface area (Å²) in [7, 11) is 0. The van der Waals surface area contributed by atoms with E-state index in [-0.39, 0.29) is 0 Å². The second-order valence-electron chi connectivity index (χ2n) is 0.602. The molecule has 6 heteroatoms. The monoisotopic (exact) mass is 572 g/mol. The van der Waals surface area contributed by atoms with E-state index >= 15 is 0 Å². The van der Waals surface area contributed by atoms with E-state index in [1.807, 2.05) is 0 Å². The van der Waals surface area contributed by atoms with Crippen LogP contribution in [-0.4, -0.2) is 0 Å². The quantitative estimate of drug-likeness (QED) is 0.317. The first kappa shape index (κ1) is 9.49. The third kappa shape index (κ3) is 25.9. The molecule has 0 aromatic rings. The van der Waals surface area contributed by atoms with E-state index in [0.29, 0.717) is 0 Å². The van der Waals surface area contributed by atoms with Crippen molar-refractivity contribution in [2.75, 3.05) is 0 Å². The van der Waals surface area contributed by atoms with Crippen molar-refractivity contribution in [3.05, 3.63) is 0 Å². The standard InChI is InChI=1S/I4S2/c1-6(2,3,4)5. The lowest BCUT2D eigenvalue weighted by atomic mass is 31.3. The molecule has 0 aromatic heterocycles. The van der Waals surface area contributed by atoms with E-state index in [2.05, 4.69) is 84.8 Å². The van der Waals surface area contributed by atoms with Crippen molar-refractivity contribution < 1.29 is 0 Å². The normalized spacial score (nSPS) is 19.0. The minimum absolute atomic E-state index is 1.39. The molecule has 0 fully saturated rings. The first-order valence-electron chi connectivity index (χ1n) is 0.784. The van der Waals surface area contributed by atoms with Crippen molar-refractivity contribution in [3.63, 3.8) is 0 Å². The Morgan fingerprint density at radius 1 is 1.00 bits per heavy atom. The highest BCUT2D eigenvalue weighted by Crippen LogP contribution is 2.57. The first-order chi connectivity index (χ1) is 2.24. The summed E-state index contributed by atoms with van der Waals surface area (Å²) >= 11 is 14.3. The third-order valence-corrected chi connectivity index (χ3v) is 0. The van der Waals surface area contributed by atoms with Crippen molar-refractivity contribution in [3.8, 4) is 0 Å². The lowest BCUT2D eigenvalue weighted by molar-refractivity contribution is 6.35. The summed E-state index contributed by atoms with van der Waals surface area (Å²) in [4.78, 5) is 0. The van der Waals surface area contributed by atoms with Crippen molar-refractivity contribution >= 4 is 92.4 Å². The van der Waals surface area contributed by atoms with Gasteiger partial charge in [0.2, 0.25) is 0 Å². The predicted octanol–water partition coefficient (Wildman–Crippen LogP) is 3.54. The molecule has 0 aliphatic carbocycles. The zero-order valence-electron chi connectivity index (χ0n) is 2.33. The van der Waals surface area contributed by atoms with Gasteiger partial charge in [-0.1, -0.05) is 0 Å². The van der Waals surface area contributed by atoms with E-state index in [0.717, 1.165) is 0 Å². The zero-order valence-corrected chi connectivity index (χ0v) is 12.6. The topological polar surface area (TPSA) is 0 Å². The van der Waals surface area contributed by atoms with Crippen LogP contribution < -0.4 is 0 Å². The Labute approximate surface area is 89.8 Å². The van der Waals surface area contributed by atoms with Crippen LogP contribution in [0.15, 0.2) is 0 Å². The summed E-state index contributed by atoms with van der Waals surface area (Å²) in [6, 6.07) is 0. The van der Waals surface area contributed by atoms with E-state index < -0.39 is -3.59 Å². The summed E-state index contributed by atoms with van der Waals surface area (Å²) in [5.41, 5.74) is 0. The van der Waals surface area contributed by atoms with Gasteiger partial charge in [0.15, 0.2) is 0 Å². The van der Waals surface area contributed by atoms with Crippen LogP contribution in [0.4, 0.5) is 0 Å². The molecular formula is I4S2. The van der Waals surface area contributed by atoms with Crippen LogP contribution in [-0.2, 0) is 7.59 Å². The fourth-order valence-electron chi connectivity index (χ4n) is 0. The molecule has 0 spiro atoms. The number of hydrogen-bond donors (Lipinski definition) is 0. The molecule has 0 heterocycles. The molecule has 0 saturated heterocycles. The Hall–Kier alpha value is 3.49. The Morgan fingerprint density at radius 3 is 1.00 bits per heavy atom. The molecule has 0 bridgehead atoms. The Morgan fingerprint density at radius 2 is 1.00 bits per heavy atom. The summed E-state index contributed by atoms with van der Waals surface area (Å²) in [5, 5.41) is 0. The minimum atomic E-state index is -1.39. The maximum absolute atomic E-state index is 5.09. The second kappa shape index (κ2) is 2.62. The molecule has 6 heavy (non-hydrogen) atoms. The van der Waals surface area contributed by atoms with Crippen LogP contribution >= 0.6 is 84.8 Å². The van der Waals surface area contributed by atoms with Crippen molar-refractivity contribution in [1.82, 2.24) is 0 Å². The van der Waals surface area contributed by atoms with Gasteiger partial charge in [-0.3, -0.25) is 0 Å². The van der Waals surface area contributed by atoms with Gasteiger partial charge in [-0.05, 0) is 7.59 Å². The fraction of sp³-hybridized carbons (Fsp3) is 0. The van der Waals surface area contributed by atoms with E-state index in [4.69, 9.17) is 11.2 Å². The molecule has 0 radical (unpaired) electrons. The molecule has 0 N–H and O–H groups in total. The third-order valence-electron chi connectivity index (χ3n) is 0. The summed E-state index contributed by atoms with van der Waals surface area (Å²) in [6.07, 6.45) is 0. The van der Waals surface area contributed by atoms with Crippen LogP contribution in [0.2, 0.25) is 0 Å². The number of hydrogen-bond acceptors (Lipinski definition) is 1. The molecule has 0 rings (SSSR count). The first-order valence-corrected chi connectivity index (χ1v) is 13.9. The SMILES string of the molecule is S=S(I)(I)(I)I. The van der Waals surface area contributed by atoms with Crippen LogP contribution in [0.1, 0.15) is 0 Å². The van der Waals surface area contributed by atoms with Crippen LogP contribution in [0, 0.1) is 0 Å². The number of rotatable bonds is 0. The average Bonchev–Trinajstić information content (AvgIpc) is 0.650. The maximum atomic E-state index is 5.09. The lowest BCUT2D eigenvalue weighted by Gasteiger charge is -2.12. The van der Waals surface area contributed by atoms with Gasteiger partial charge in [-0.25, -0.2) is 0 Å². The minimum Gasteiger partial charge on any atom is -0.0321 e. The molecule has 0 unspecified atom stereocenters. The van der Waals surface area contributed by atoms with Gasteiger partial charge in [0.25, 0.3) is 0 Å². The largest absolute Gasteiger partial charge is 0.0321 e. The summed E-state index contributed by atoms with van der Waals surface area (Å²) < 4.78 is -1.39. The molecule has 0 saturated carbocycles. The van der Waals surface area contributed by atoms with Crippen molar-refractivity contribution in [2.45, 2.75) is 0 Å². The molecule has 0 aliphatic rings. The van der Waals surface area contributed by atoms with E-state index in [1.54, 1.807) is 0 Å². The highest BCUT2D eigenvalue weighted by atomic mass is 127. The maximum Gasteiger partial charge on any atom is 0.00952 e. The van der Waals surface area contributed by atoms with Gasteiger partial charge < -0.3 is 0 Å². The molecule has 0 nitrogen and oxygen atoms in total. The predicted molar refractivity (Wildman–Crippen MR) is 70.8 cm³/mol. The lowest BCUT2D eigenvalue weighted by Crippen LogP contribution is -1.78. The van der Waals surface area contributed by atoms with Gasteiger partial charge >= 0.3 is 0 Å². The van der Waals surface area contributed by atoms with Gasteiger partial charge in [0.05, 0.1) is 0 Å². The van der Waals surface area contributed by atoms with Crippen LogP contribution in [0.5, 0.6) is 0 Å². The summed E-state index contributed by atoms with van der Waals surface area (Å²) in [6.45, 7) is 0. The molecule has 40 valence electrons. The molecule has 0 aliphatic heterocycles. The molecular weight excluding hydrogens is 572 g/mol. The van der Waals surface area contributed by atoms with Crippen LogP contribution in [0.25, 0.3) is 0 Å². The van der Waals surface area contributed by atoms with Crippen LogP contribution in [0.3, 0.4) is 0 Å². The van der Waals surface area contributed by atoms with E-state index in [1.165, 1.54) is 0 Å². The van der Waals surface area contributed by atoms with E-state index in [9.17, 15) is 0 Å². The highest BCUT2D eigenvalue weighted by Gasteiger charge is 2.12. The number of halogens is 4. The molecule has 0 atom stereocenters. The highest BCUT2D eigenvalue weighted by molar-refractivity contribution is 14.6. The van der Waals surface area contributed by atoms with Gasteiger partial charge in [-0.15, -0.1) is 0 Å². The van der Waals surface area contributed by atoms with Gasteiger partial charge in [0.1, 0.15) is 0 Å². The van der Waals surface area contributed by atoms with Crippen molar-refractivity contribution in [2.24, 2.45) is 0 Å². The Bertz CT molecular complexity index is 83.2. The fourth-order valence-corrected chi connectivity index (χ4v) is 0. The average molecular weight is 572 g/mol.